The van der Waals surface area contributed by atoms with Gasteiger partial charge in [-0.15, -0.1) is 0 Å². The minimum absolute atomic E-state index is 0.298. The minimum atomic E-state index is -0.298. The summed E-state index contributed by atoms with van der Waals surface area (Å²) in [6.07, 6.45) is 0. The second-order valence-electron chi connectivity index (χ2n) is 4.17. The number of anilines is 1. The highest BCUT2D eigenvalue weighted by Gasteiger charge is 2.15. The molecule has 4 nitrogen and oxygen atoms in total. The molecule has 1 amide bonds. The van der Waals surface area contributed by atoms with E-state index in [4.69, 9.17) is 11.6 Å². The summed E-state index contributed by atoms with van der Waals surface area (Å²) < 4.78 is 0.679. The van der Waals surface area contributed by atoms with E-state index < -0.39 is 0 Å². The molecule has 0 unspecified atom stereocenters. The van der Waals surface area contributed by atoms with Crippen LogP contribution in [-0.4, -0.2) is 16.1 Å². The molecule has 0 saturated carbocycles. The monoisotopic (exact) mass is 349 g/mol. The van der Waals surface area contributed by atoms with Crippen LogP contribution in [0, 0.1) is 0 Å². The van der Waals surface area contributed by atoms with Crippen molar-refractivity contribution in [1.29, 1.82) is 0 Å². The summed E-state index contributed by atoms with van der Waals surface area (Å²) in [7, 11) is 0. The molecule has 100 valence electrons. The van der Waals surface area contributed by atoms with Crippen molar-refractivity contribution < 1.29 is 4.79 Å². The van der Waals surface area contributed by atoms with Gasteiger partial charge in [-0.1, -0.05) is 29.8 Å². The minimum Gasteiger partial charge on any atom is -0.305 e. The lowest BCUT2D eigenvalue weighted by Crippen LogP contribution is -2.13. The third-order valence-electron chi connectivity index (χ3n) is 2.90. The number of nitrogens with one attached hydrogen (secondary N) is 2. The highest BCUT2D eigenvalue weighted by atomic mass is 79.9. The fourth-order valence-electron chi connectivity index (χ4n) is 1.91. The maximum atomic E-state index is 12.3. The fourth-order valence-corrected chi connectivity index (χ4v) is 2.49. The van der Waals surface area contributed by atoms with Crippen LogP contribution in [0.2, 0.25) is 5.02 Å². The first kappa shape index (κ1) is 13.1. The van der Waals surface area contributed by atoms with Gasteiger partial charge in [-0.05, 0) is 40.2 Å². The third-order valence-corrected chi connectivity index (χ3v) is 4.19. The SMILES string of the molecule is O=C(Nc1n[nH]c2ccccc12)c1cccc(Br)c1Cl. The molecule has 0 atom stereocenters. The van der Waals surface area contributed by atoms with Gasteiger partial charge in [0.25, 0.3) is 5.91 Å². The Morgan fingerprint density at radius 2 is 2.00 bits per heavy atom. The van der Waals surface area contributed by atoms with Crippen molar-refractivity contribution in [2.24, 2.45) is 0 Å². The number of aromatic nitrogens is 2. The first-order valence-electron chi connectivity index (χ1n) is 5.85. The largest absolute Gasteiger partial charge is 0.305 e. The number of amides is 1. The predicted molar refractivity (Wildman–Crippen MR) is 83.2 cm³/mol. The maximum absolute atomic E-state index is 12.3. The number of halogens is 2. The maximum Gasteiger partial charge on any atom is 0.258 e. The van der Waals surface area contributed by atoms with Crippen LogP contribution >= 0.6 is 27.5 Å². The number of carbonyl (C=O) groups excluding carboxylic acids is 1. The number of rotatable bonds is 2. The molecule has 0 bridgehead atoms. The summed E-state index contributed by atoms with van der Waals surface area (Å²) in [5.41, 5.74) is 1.26. The summed E-state index contributed by atoms with van der Waals surface area (Å²) in [6, 6.07) is 12.8. The normalized spacial score (nSPS) is 10.7. The molecule has 0 aliphatic rings. The number of hydrogen-bond acceptors (Lipinski definition) is 2. The van der Waals surface area contributed by atoms with Crippen molar-refractivity contribution in [3.05, 3.63) is 57.5 Å². The number of H-pyrrole nitrogens is 1. The smallest absolute Gasteiger partial charge is 0.258 e. The van der Waals surface area contributed by atoms with Gasteiger partial charge in [0, 0.05) is 9.86 Å². The van der Waals surface area contributed by atoms with Gasteiger partial charge in [0.2, 0.25) is 0 Å². The Balaban J connectivity index is 1.95. The van der Waals surface area contributed by atoms with Gasteiger partial charge in [-0.25, -0.2) is 0 Å². The molecule has 0 fully saturated rings. The summed E-state index contributed by atoms with van der Waals surface area (Å²) in [5.74, 6) is 0.190. The summed E-state index contributed by atoms with van der Waals surface area (Å²) >= 11 is 9.41. The third kappa shape index (κ3) is 2.30. The van der Waals surface area contributed by atoms with Crippen molar-refractivity contribution in [2.45, 2.75) is 0 Å². The molecule has 0 aliphatic heterocycles. The Kier molecular flexibility index (Phi) is 3.46. The van der Waals surface area contributed by atoms with E-state index in [0.717, 1.165) is 10.9 Å². The number of carbonyl (C=O) groups is 1. The number of para-hydroxylation sites is 1. The molecule has 2 aromatic carbocycles. The summed E-state index contributed by atoms with van der Waals surface area (Å²) in [6.45, 7) is 0. The van der Waals surface area contributed by atoms with Gasteiger partial charge in [-0.2, -0.15) is 5.10 Å². The van der Waals surface area contributed by atoms with Crippen LogP contribution in [0.3, 0.4) is 0 Å². The van der Waals surface area contributed by atoms with Crippen molar-refractivity contribution in [3.63, 3.8) is 0 Å². The number of nitrogens with zero attached hydrogens (tertiary/aromatic N) is 1. The second-order valence-corrected chi connectivity index (χ2v) is 5.41. The van der Waals surface area contributed by atoms with Crippen LogP contribution in [0.4, 0.5) is 5.82 Å². The summed E-state index contributed by atoms with van der Waals surface area (Å²) in [4.78, 5) is 12.3. The van der Waals surface area contributed by atoms with Gasteiger partial charge < -0.3 is 5.32 Å². The first-order chi connectivity index (χ1) is 9.66. The Morgan fingerprint density at radius 1 is 1.20 bits per heavy atom. The van der Waals surface area contributed by atoms with Gasteiger partial charge in [0.1, 0.15) is 0 Å². The Bertz CT molecular complexity index is 800. The number of fused-ring (bicyclic) bond motifs is 1. The zero-order chi connectivity index (χ0) is 14.1. The van der Waals surface area contributed by atoms with Gasteiger partial charge >= 0.3 is 0 Å². The molecule has 3 aromatic rings. The predicted octanol–water partition coefficient (Wildman–Crippen LogP) is 4.23. The van der Waals surface area contributed by atoms with Crippen molar-refractivity contribution >= 4 is 50.2 Å². The van der Waals surface area contributed by atoms with Gasteiger partial charge in [-0.3, -0.25) is 9.89 Å². The molecule has 20 heavy (non-hydrogen) atoms. The van der Waals surface area contributed by atoms with Crippen LogP contribution in [0.1, 0.15) is 10.4 Å². The van der Waals surface area contributed by atoms with Crippen LogP contribution in [-0.2, 0) is 0 Å². The molecular formula is C14H9BrClN3O. The molecule has 1 aromatic heterocycles. The Hall–Kier alpha value is -1.85. The average Bonchev–Trinajstić information content (AvgIpc) is 2.85. The number of aromatic amines is 1. The van der Waals surface area contributed by atoms with E-state index in [0.29, 0.717) is 20.9 Å². The number of hydrogen-bond donors (Lipinski definition) is 2. The van der Waals surface area contributed by atoms with Crippen LogP contribution in [0.15, 0.2) is 46.9 Å². The Labute approximate surface area is 128 Å². The number of benzene rings is 2. The molecule has 0 spiro atoms. The summed E-state index contributed by atoms with van der Waals surface area (Å²) in [5, 5.41) is 11.0. The van der Waals surface area contributed by atoms with E-state index in [1.165, 1.54) is 0 Å². The van der Waals surface area contributed by atoms with Crippen LogP contribution in [0.25, 0.3) is 10.9 Å². The molecular weight excluding hydrogens is 342 g/mol. The quantitative estimate of drug-likeness (QED) is 0.726. The zero-order valence-electron chi connectivity index (χ0n) is 10.2. The average molecular weight is 351 g/mol. The zero-order valence-corrected chi connectivity index (χ0v) is 12.5. The molecule has 0 saturated heterocycles. The molecule has 0 radical (unpaired) electrons. The highest BCUT2D eigenvalue weighted by molar-refractivity contribution is 9.10. The van der Waals surface area contributed by atoms with E-state index in [9.17, 15) is 4.79 Å². The Morgan fingerprint density at radius 3 is 2.85 bits per heavy atom. The van der Waals surface area contributed by atoms with Crippen molar-refractivity contribution in [2.75, 3.05) is 5.32 Å². The molecule has 1 heterocycles. The van der Waals surface area contributed by atoms with Crippen molar-refractivity contribution in [1.82, 2.24) is 10.2 Å². The molecule has 6 heteroatoms. The lowest BCUT2D eigenvalue weighted by atomic mass is 10.2. The van der Waals surface area contributed by atoms with E-state index in [1.807, 2.05) is 24.3 Å². The van der Waals surface area contributed by atoms with Crippen LogP contribution < -0.4 is 5.32 Å². The van der Waals surface area contributed by atoms with Crippen LogP contribution in [0.5, 0.6) is 0 Å². The fraction of sp³-hybridized carbons (Fsp3) is 0. The van der Waals surface area contributed by atoms with E-state index in [2.05, 4.69) is 31.4 Å². The first-order valence-corrected chi connectivity index (χ1v) is 7.02. The van der Waals surface area contributed by atoms with Gasteiger partial charge in [0.15, 0.2) is 5.82 Å². The lowest BCUT2D eigenvalue weighted by Gasteiger charge is -2.05. The van der Waals surface area contributed by atoms with E-state index in [-0.39, 0.29) is 5.91 Å². The van der Waals surface area contributed by atoms with E-state index in [1.54, 1.807) is 18.2 Å². The van der Waals surface area contributed by atoms with E-state index >= 15 is 0 Å². The molecule has 3 rings (SSSR count). The second kappa shape index (κ2) is 5.26. The lowest BCUT2D eigenvalue weighted by molar-refractivity contribution is 0.102. The van der Waals surface area contributed by atoms with Crippen molar-refractivity contribution in [3.8, 4) is 0 Å². The molecule has 0 aliphatic carbocycles. The topological polar surface area (TPSA) is 57.8 Å². The standard InChI is InChI=1S/C14H9BrClN3O/c15-10-6-3-5-9(12(10)16)14(20)17-13-8-4-1-2-7-11(8)18-19-13/h1-7H,(H2,17,18,19,20). The molecule has 2 N–H and O–H groups in total. The highest BCUT2D eigenvalue weighted by Crippen LogP contribution is 2.27. The van der Waals surface area contributed by atoms with Gasteiger partial charge in [0.05, 0.1) is 16.1 Å².